The Morgan fingerprint density at radius 1 is 1.13 bits per heavy atom. The second-order valence-corrected chi connectivity index (χ2v) is 7.46. The summed E-state index contributed by atoms with van der Waals surface area (Å²) in [7, 11) is 0. The molecule has 2 aliphatic rings. The number of hydrogen-bond acceptors (Lipinski definition) is 1. The van der Waals surface area contributed by atoms with Gasteiger partial charge in [0.05, 0.1) is 5.54 Å². The Hall–Kier alpha value is -1.68. The molecule has 0 aliphatic heterocycles. The van der Waals surface area contributed by atoms with Crippen LogP contribution >= 0.6 is 15.9 Å². The van der Waals surface area contributed by atoms with E-state index in [1.165, 1.54) is 6.07 Å². The molecule has 4 heteroatoms. The van der Waals surface area contributed by atoms with Crippen LogP contribution in [0.2, 0.25) is 0 Å². The van der Waals surface area contributed by atoms with Crippen LogP contribution in [0, 0.1) is 11.7 Å². The van der Waals surface area contributed by atoms with E-state index in [1.54, 1.807) is 12.1 Å². The highest BCUT2D eigenvalue weighted by Crippen LogP contribution is 2.51. The minimum atomic E-state index is -0.208. The van der Waals surface area contributed by atoms with Crippen LogP contribution in [-0.2, 0) is 10.3 Å². The highest BCUT2D eigenvalue weighted by Gasteiger charge is 2.51. The summed E-state index contributed by atoms with van der Waals surface area (Å²) in [5.74, 6) is -0.225. The number of amides is 1. The lowest BCUT2D eigenvalue weighted by atomic mass is 10.0. The molecule has 1 amide bonds. The first-order valence-electron chi connectivity index (χ1n) is 7.92. The molecular formula is C19H17BrFNO. The third-order valence-electron chi connectivity index (χ3n) is 4.94. The molecule has 0 aromatic heterocycles. The first-order valence-corrected chi connectivity index (χ1v) is 8.71. The number of benzene rings is 2. The molecule has 0 saturated heterocycles. The van der Waals surface area contributed by atoms with Crippen LogP contribution in [0.15, 0.2) is 53.0 Å². The first-order chi connectivity index (χ1) is 11.1. The standard InChI is InChI=1S/C19H17BrFNO/c20-13-7-5-12(6-8-13)19(9-10-19)22-18(23)16-11-15(16)14-3-1-2-4-17(14)21/h1-8,15-16H,9-11H2,(H,22,23)/t15-,16-/m1/s1. The quantitative estimate of drug-likeness (QED) is 0.839. The smallest absolute Gasteiger partial charge is 0.224 e. The van der Waals surface area contributed by atoms with Gasteiger partial charge in [-0.15, -0.1) is 0 Å². The Bertz CT molecular complexity index is 754. The fourth-order valence-electron chi connectivity index (χ4n) is 3.31. The second kappa shape index (κ2) is 5.45. The van der Waals surface area contributed by atoms with Crippen LogP contribution in [0.4, 0.5) is 4.39 Å². The summed E-state index contributed by atoms with van der Waals surface area (Å²) in [6, 6.07) is 14.9. The summed E-state index contributed by atoms with van der Waals surface area (Å²) in [6.45, 7) is 0. The number of nitrogens with one attached hydrogen (secondary N) is 1. The normalized spacial score (nSPS) is 24.1. The Balaban J connectivity index is 1.45. The summed E-state index contributed by atoms with van der Waals surface area (Å²) in [6.07, 6.45) is 2.68. The molecule has 2 aromatic carbocycles. The lowest BCUT2D eigenvalue weighted by Gasteiger charge is -2.18. The average molecular weight is 374 g/mol. The third-order valence-corrected chi connectivity index (χ3v) is 5.47. The lowest BCUT2D eigenvalue weighted by Crippen LogP contribution is -2.36. The summed E-state index contributed by atoms with van der Waals surface area (Å²) in [4.78, 5) is 12.6. The van der Waals surface area contributed by atoms with Crippen LogP contribution in [0.1, 0.15) is 36.3 Å². The van der Waals surface area contributed by atoms with Gasteiger partial charge in [0.1, 0.15) is 5.82 Å². The molecule has 0 radical (unpaired) electrons. The molecule has 2 nitrogen and oxygen atoms in total. The van der Waals surface area contributed by atoms with E-state index in [0.717, 1.165) is 29.3 Å². The van der Waals surface area contributed by atoms with E-state index in [2.05, 4.69) is 33.4 Å². The van der Waals surface area contributed by atoms with E-state index in [1.807, 2.05) is 18.2 Å². The van der Waals surface area contributed by atoms with Crippen LogP contribution in [0.3, 0.4) is 0 Å². The minimum absolute atomic E-state index is 0.0249. The summed E-state index contributed by atoms with van der Waals surface area (Å²) >= 11 is 3.43. The molecule has 0 bridgehead atoms. The van der Waals surface area contributed by atoms with Gasteiger partial charge in [-0.05, 0) is 54.5 Å². The van der Waals surface area contributed by atoms with Crippen molar-refractivity contribution in [3.05, 3.63) is 69.9 Å². The van der Waals surface area contributed by atoms with Crippen molar-refractivity contribution in [3.8, 4) is 0 Å². The largest absolute Gasteiger partial charge is 0.346 e. The number of halogens is 2. The Morgan fingerprint density at radius 3 is 2.48 bits per heavy atom. The summed E-state index contributed by atoms with van der Waals surface area (Å²) in [5, 5.41) is 3.21. The number of carbonyl (C=O) groups excluding carboxylic acids is 1. The van der Waals surface area contributed by atoms with Gasteiger partial charge in [-0.2, -0.15) is 0 Å². The highest BCUT2D eigenvalue weighted by molar-refractivity contribution is 9.10. The number of rotatable bonds is 4. The maximum Gasteiger partial charge on any atom is 0.224 e. The lowest BCUT2D eigenvalue weighted by molar-refractivity contribution is -0.123. The van der Waals surface area contributed by atoms with E-state index in [9.17, 15) is 9.18 Å². The van der Waals surface area contributed by atoms with Gasteiger partial charge in [0.2, 0.25) is 5.91 Å². The Labute approximate surface area is 143 Å². The summed E-state index contributed by atoms with van der Waals surface area (Å²) in [5.41, 5.74) is 1.61. The molecule has 0 unspecified atom stereocenters. The van der Waals surface area contributed by atoms with Crippen LogP contribution in [-0.4, -0.2) is 5.91 Å². The molecule has 2 fully saturated rings. The van der Waals surface area contributed by atoms with Gasteiger partial charge >= 0.3 is 0 Å². The fraction of sp³-hybridized carbons (Fsp3) is 0.316. The topological polar surface area (TPSA) is 29.1 Å². The molecular weight excluding hydrogens is 357 g/mol. The molecule has 2 saturated carbocycles. The van der Waals surface area contributed by atoms with Gasteiger partial charge in [0.25, 0.3) is 0 Å². The van der Waals surface area contributed by atoms with Crippen molar-refractivity contribution in [2.45, 2.75) is 30.7 Å². The van der Waals surface area contributed by atoms with E-state index < -0.39 is 0 Å². The van der Waals surface area contributed by atoms with Crippen LogP contribution in [0.5, 0.6) is 0 Å². The molecule has 23 heavy (non-hydrogen) atoms. The maximum atomic E-state index is 13.8. The molecule has 0 heterocycles. The van der Waals surface area contributed by atoms with Crippen molar-refractivity contribution in [2.75, 3.05) is 0 Å². The van der Waals surface area contributed by atoms with Gasteiger partial charge < -0.3 is 5.32 Å². The Morgan fingerprint density at radius 2 is 1.83 bits per heavy atom. The molecule has 0 spiro atoms. The van der Waals surface area contributed by atoms with Crippen molar-refractivity contribution >= 4 is 21.8 Å². The fourth-order valence-corrected chi connectivity index (χ4v) is 3.58. The number of carbonyl (C=O) groups is 1. The second-order valence-electron chi connectivity index (χ2n) is 6.55. The molecule has 2 aliphatic carbocycles. The zero-order valence-corrected chi connectivity index (χ0v) is 14.1. The molecule has 1 N–H and O–H groups in total. The van der Waals surface area contributed by atoms with E-state index in [-0.39, 0.29) is 29.1 Å². The average Bonchev–Trinajstić information content (AvgIpc) is 3.43. The van der Waals surface area contributed by atoms with Crippen molar-refractivity contribution in [2.24, 2.45) is 5.92 Å². The van der Waals surface area contributed by atoms with Gasteiger partial charge in [-0.3, -0.25) is 4.79 Å². The zero-order chi connectivity index (χ0) is 16.0. The Kier molecular flexibility index (Phi) is 3.52. The number of hydrogen-bond donors (Lipinski definition) is 1. The monoisotopic (exact) mass is 373 g/mol. The zero-order valence-electron chi connectivity index (χ0n) is 12.6. The van der Waals surface area contributed by atoms with Crippen LogP contribution in [0.25, 0.3) is 0 Å². The van der Waals surface area contributed by atoms with Gasteiger partial charge in [0, 0.05) is 10.4 Å². The van der Waals surface area contributed by atoms with Gasteiger partial charge in [-0.1, -0.05) is 46.3 Å². The molecule has 2 atom stereocenters. The predicted octanol–water partition coefficient (Wildman–Crippen LogP) is 4.50. The minimum Gasteiger partial charge on any atom is -0.346 e. The van der Waals surface area contributed by atoms with E-state index >= 15 is 0 Å². The maximum absolute atomic E-state index is 13.8. The van der Waals surface area contributed by atoms with Crippen molar-refractivity contribution in [3.63, 3.8) is 0 Å². The van der Waals surface area contributed by atoms with E-state index in [0.29, 0.717) is 5.56 Å². The third kappa shape index (κ3) is 2.80. The highest BCUT2D eigenvalue weighted by atomic mass is 79.9. The van der Waals surface area contributed by atoms with E-state index in [4.69, 9.17) is 0 Å². The first kappa shape index (κ1) is 14.9. The van der Waals surface area contributed by atoms with Gasteiger partial charge in [-0.25, -0.2) is 4.39 Å². The SMILES string of the molecule is O=C(NC1(c2ccc(Br)cc2)CC1)[C@@H]1C[C@@H]1c1ccccc1F. The summed E-state index contributed by atoms with van der Waals surface area (Å²) < 4.78 is 14.9. The van der Waals surface area contributed by atoms with Crippen molar-refractivity contribution in [1.82, 2.24) is 5.32 Å². The molecule has 4 rings (SSSR count). The predicted molar refractivity (Wildman–Crippen MR) is 90.4 cm³/mol. The van der Waals surface area contributed by atoms with Gasteiger partial charge in [0.15, 0.2) is 0 Å². The van der Waals surface area contributed by atoms with Crippen molar-refractivity contribution < 1.29 is 9.18 Å². The molecule has 2 aromatic rings. The molecule has 118 valence electrons. The van der Waals surface area contributed by atoms with Crippen LogP contribution < -0.4 is 5.32 Å². The van der Waals surface area contributed by atoms with Crippen molar-refractivity contribution in [1.29, 1.82) is 0 Å².